The number of aromatic nitrogens is 2. The van der Waals surface area contributed by atoms with Crippen LogP contribution in [-0.4, -0.2) is 21.4 Å². The Labute approximate surface area is 90.1 Å². The van der Waals surface area contributed by atoms with E-state index >= 15 is 0 Å². The number of hydrogen-bond donors (Lipinski definition) is 2. The van der Waals surface area contributed by atoms with Crippen LogP contribution in [0, 0.1) is 12.3 Å². The molecule has 0 bridgehead atoms. The highest BCUT2D eigenvalue weighted by Crippen LogP contribution is 2.49. The molecule has 3 N–H and O–H groups in total. The molecule has 2 rings (SSSR count). The van der Waals surface area contributed by atoms with Gasteiger partial charge in [0.05, 0.1) is 12.3 Å². The maximum Gasteiger partial charge on any atom is 0.0891 e. The van der Waals surface area contributed by atoms with Gasteiger partial charge in [0.2, 0.25) is 0 Å². The predicted octanol–water partition coefficient (Wildman–Crippen LogP) is 0.891. The van der Waals surface area contributed by atoms with Crippen molar-refractivity contribution in [2.75, 3.05) is 6.54 Å². The molecule has 0 spiro atoms. The molecule has 0 amide bonds. The Morgan fingerprint density at radius 2 is 2.33 bits per heavy atom. The largest absolute Gasteiger partial charge is 0.388 e. The molecular formula is C11H19N3O. The van der Waals surface area contributed by atoms with Gasteiger partial charge in [-0.2, -0.15) is 5.10 Å². The molecule has 1 saturated carbocycles. The van der Waals surface area contributed by atoms with E-state index in [1.54, 1.807) is 10.9 Å². The lowest BCUT2D eigenvalue weighted by atomic mass is 9.63. The summed E-state index contributed by atoms with van der Waals surface area (Å²) in [6.07, 6.45) is 4.53. The van der Waals surface area contributed by atoms with E-state index in [2.05, 4.69) is 5.10 Å². The van der Waals surface area contributed by atoms with E-state index in [1.165, 1.54) is 6.42 Å². The van der Waals surface area contributed by atoms with Crippen LogP contribution in [0.1, 0.15) is 36.6 Å². The highest BCUT2D eigenvalue weighted by molar-refractivity contribution is 5.22. The lowest BCUT2D eigenvalue weighted by Gasteiger charge is -2.44. The smallest absolute Gasteiger partial charge is 0.0891 e. The molecule has 0 radical (unpaired) electrons. The van der Waals surface area contributed by atoms with Gasteiger partial charge in [0.1, 0.15) is 0 Å². The third-order valence-corrected chi connectivity index (χ3v) is 3.90. The maximum atomic E-state index is 10.4. The van der Waals surface area contributed by atoms with Crippen molar-refractivity contribution in [3.63, 3.8) is 0 Å². The van der Waals surface area contributed by atoms with Crippen molar-refractivity contribution >= 4 is 0 Å². The first-order valence-electron chi connectivity index (χ1n) is 5.47. The average Bonchev–Trinajstić information content (AvgIpc) is 2.47. The van der Waals surface area contributed by atoms with E-state index in [0.29, 0.717) is 6.54 Å². The van der Waals surface area contributed by atoms with Crippen LogP contribution in [0.5, 0.6) is 0 Å². The first-order valence-corrected chi connectivity index (χ1v) is 5.47. The fourth-order valence-electron chi connectivity index (χ4n) is 2.33. The van der Waals surface area contributed by atoms with Gasteiger partial charge < -0.3 is 10.8 Å². The first-order chi connectivity index (χ1) is 7.10. The third-order valence-electron chi connectivity index (χ3n) is 3.90. The van der Waals surface area contributed by atoms with Gasteiger partial charge in [0, 0.05) is 30.3 Å². The summed E-state index contributed by atoms with van der Waals surface area (Å²) in [6, 6.07) is 0. The number of rotatable bonds is 3. The molecule has 1 heterocycles. The van der Waals surface area contributed by atoms with Crippen LogP contribution in [-0.2, 0) is 7.05 Å². The number of aryl methyl sites for hydroxylation is 1. The van der Waals surface area contributed by atoms with Crippen molar-refractivity contribution < 1.29 is 5.11 Å². The predicted molar refractivity (Wildman–Crippen MR) is 58.2 cm³/mol. The molecule has 1 aromatic rings. The monoisotopic (exact) mass is 209 g/mol. The van der Waals surface area contributed by atoms with Crippen LogP contribution in [0.25, 0.3) is 0 Å². The molecule has 1 aliphatic rings. The maximum absolute atomic E-state index is 10.4. The van der Waals surface area contributed by atoms with Crippen molar-refractivity contribution in [1.29, 1.82) is 0 Å². The van der Waals surface area contributed by atoms with Gasteiger partial charge in [0.25, 0.3) is 0 Å². The first kappa shape index (κ1) is 10.6. The number of nitrogens with two attached hydrogens (primary N) is 1. The fourth-order valence-corrected chi connectivity index (χ4v) is 2.33. The minimum Gasteiger partial charge on any atom is -0.388 e. The quantitative estimate of drug-likeness (QED) is 0.777. The zero-order valence-electron chi connectivity index (χ0n) is 9.40. The number of aliphatic hydroxyl groups is 1. The van der Waals surface area contributed by atoms with Gasteiger partial charge in [-0.05, 0) is 19.8 Å². The zero-order chi connectivity index (χ0) is 11.1. The van der Waals surface area contributed by atoms with Gasteiger partial charge in [-0.15, -0.1) is 0 Å². The van der Waals surface area contributed by atoms with E-state index in [0.717, 1.165) is 24.1 Å². The minimum absolute atomic E-state index is 0.0895. The zero-order valence-corrected chi connectivity index (χ0v) is 9.40. The van der Waals surface area contributed by atoms with Crippen molar-refractivity contribution in [3.05, 3.63) is 17.5 Å². The van der Waals surface area contributed by atoms with Gasteiger partial charge >= 0.3 is 0 Å². The molecule has 0 aromatic carbocycles. The Morgan fingerprint density at radius 3 is 2.67 bits per heavy atom. The topological polar surface area (TPSA) is 64.1 Å². The lowest BCUT2D eigenvalue weighted by Crippen LogP contribution is -2.42. The van der Waals surface area contributed by atoms with Gasteiger partial charge in [0.15, 0.2) is 0 Å². The minimum atomic E-state index is -0.454. The Balaban J connectivity index is 2.27. The summed E-state index contributed by atoms with van der Waals surface area (Å²) in [6.45, 7) is 2.54. The molecule has 4 nitrogen and oxygen atoms in total. The number of nitrogens with zero attached hydrogens (tertiary/aromatic N) is 2. The van der Waals surface area contributed by atoms with Gasteiger partial charge in [-0.1, -0.05) is 6.42 Å². The van der Waals surface area contributed by atoms with Crippen molar-refractivity contribution in [3.8, 4) is 0 Å². The second kappa shape index (κ2) is 3.61. The molecule has 1 unspecified atom stereocenters. The standard InChI is InChI=1S/C11H19N3O/c1-8-9(6-13-14(8)2)10(15)11(7-12)4-3-5-11/h6,10,15H,3-5,7,12H2,1-2H3. The van der Waals surface area contributed by atoms with Crippen LogP contribution in [0.2, 0.25) is 0 Å². The van der Waals surface area contributed by atoms with Gasteiger partial charge in [-0.3, -0.25) is 4.68 Å². The fraction of sp³-hybridized carbons (Fsp3) is 0.727. The summed E-state index contributed by atoms with van der Waals surface area (Å²) in [5.41, 5.74) is 7.65. The molecular weight excluding hydrogens is 190 g/mol. The summed E-state index contributed by atoms with van der Waals surface area (Å²) >= 11 is 0. The summed E-state index contributed by atoms with van der Waals surface area (Å²) in [4.78, 5) is 0. The Hall–Kier alpha value is -0.870. The van der Waals surface area contributed by atoms with Crippen LogP contribution in [0.15, 0.2) is 6.20 Å². The molecule has 0 aliphatic heterocycles. The van der Waals surface area contributed by atoms with E-state index in [1.807, 2.05) is 14.0 Å². The molecule has 1 atom stereocenters. The van der Waals surface area contributed by atoms with Gasteiger partial charge in [-0.25, -0.2) is 0 Å². The van der Waals surface area contributed by atoms with Crippen LogP contribution >= 0.6 is 0 Å². The highest BCUT2D eigenvalue weighted by atomic mass is 16.3. The summed E-state index contributed by atoms with van der Waals surface area (Å²) < 4.78 is 1.79. The SMILES string of the molecule is Cc1c(C(O)C2(CN)CCC2)cnn1C. The number of hydrogen-bond acceptors (Lipinski definition) is 3. The van der Waals surface area contributed by atoms with Crippen molar-refractivity contribution in [2.24, 2.45) is 18.2 Å². The lowest BCUT2D eigenvalue weighted by molar-refractivity contribution is -0.0300. The number of aliphatic hydroxyl groups excluding tert-OH is 1. The molecule has 15 heavy (non-hydrogen) atoms. The molecule has 1 fully saturated rings. The molecule has 0 saturated heterocycles. The Bertz CT molecular complexity index is 349. The van der Waals surface area contributed by atoms with E-state index in [9.17, 15) is 5.11 Å². The van der Waals surface area contributed by atoms with E-state index < -0.39 is 6.10 Å². The normalized spacial score (nSPS) is 21.1. The molecule has 1 aliphatic carbocycles. The van der Waals surface area contributed by atoms with Crippen LogP contribution < -0.4 is 5.73 Å². The molecule has 1 aromatic heterocycles. The summed E-state index contributed by atoms with van der Waals surface area (Å²) in [7, 11) is 1.89. The molecule has 4 heteroatoms. The Kier molecular flexibility index (Phi) is 2.56. The van der Waals surface area contributed by atoms with E-state index in [4.69, 9.17) is 5.73 Å². The summed E-state index contributed by atoms with van der Waals surface area (Å²) in [5.74, 6) is 0. The van der Waals surface area contributed by atoms with Crippen molar-refractivity contribution in [2.45, 2.75) is 32.3 Å². The van der Waals surface area contributed by atoms with Crippen LogP contribution in [0.3, 0.4) is 0 Å². The van der Waals surface area contributed by atoms with Crippen LogP contribution in [0.4, 0.5) is 0 Å². The van der Waals surface area contributed by atoms with Crippen molar-refractivity contribution in [1.82, 2.24) is 9.78 Å². The Morgan fingerprint density at radius 1 is 1.67 bits per heavy atom. The second-order valence-electron chi connectivity index (χ2n) is 4.63. The van der Waals surface area contributed by atoms with E-state index in [-0.39, 0.29) is 5.41 Å². The third kappa shape index (κ3) is 1.48. The highest BCUT2D eigenvalue weighted by Gasteiger charge is 2.43. The second-order valence-corrected chi connectivity index (χ2v) is 4.63. The average molecular weight is 209 g/mol. The molecule has 84 valence electrons. The summed E-state index contributed by atoms with van der Waals surface area (Å²) in [5, 5.41) is 14.5.